The number of primary amides is 1. The summed E-state index contributed by atoms with van der Waals surface area (Å²) in [6.07, 6.45) is 3.12. The second kappa shape index (κ2) is 5.77. The lowest BCUT2D eigenvalue weighted by molar-refractivity contribution is 0.0950. The lowest BCUT2D eigenvalue weighted by atomic mass is 10.1. The molecular weight excluding hydrogens is 242 g/mol. The highest BCUT2D eigenvalue weighted by atomic mass is 16.2. The maximum Gasteiger partial charge on any atom is 0.251 e. The molecule has 0 unspecified atom stereocenters. The number of aromatic nitrogens is 1. The number of rotatable bonds is 4. The summed E-state index contributed by atoms with van der Waals surface area (Å²) in [5, 5.41) is 2.76. The molecule has 5 heteroatoms. The van der Waals surface area contributed by atoms with Gasteiger partial charge in [0.1, 0.15) is 0 Å². The van der Waals surface area contributed by atoms with E-state index in [1.54, 1.807) is 42.7 Å². The van der Waals surface area contributed by atoms with Crippen LogP contribution < -0.4 is 11.1 Å². The average molecular weight is 255 g/mol. The van der Waals surface area contributed by atoms with Crippen molar-refractivity contribution in [2.24, 2.45) is 5.73 Å². The van der Waals surface area contributed by atoms with Crippen LogP contribution in [0.4, 0.5) is 0 Å². The largest absolute Gasteiger partial charge is 0.366 e. The number of amides is 2. The van der Waals surface area contributed by atoms with E-state index in [1.165, 1.54) is 0 Å². The third-order valence-electron chi connectivity index (χ3n) is 2.61. The molecule has 0 fully saturated rings. The summed E-state index contributed by atoms with van der Waals surface area (Å²) in [5.74, 6) is -0.672. The summed E-state index contributed by atoms with van der Waals surface area (Å²) in [6, 6.07) is 10.1. The van der Waals surface area contributed by atoms with Gasteiger partial charge < -0.3 is 11.1 Å². The van der Waals surface area contributed by atoms with Gasteiger partial charge in [-0.2, -0.15) is 0 Å². The minimum atomic E-state index is -0.484. The van der Waals surface area contributed by atoms with E-state index in [9.17, 15) is 9.59 Å². The fourth-order valence-electron chi connectivity index (χ4n) is 1.62. The molecule has 1 heterocycles. The Kier molecular flexibility index (Phi) is 3.87. The first-order valence-electron chi connectivity index (χ1n) is 5.74. The zero-order valence-corrected chi connectivity index (χ0v) is 10.2. The molecule has 96 valence electrons. The second-order valence-electron chi connectivity index (χ2n) is 3.98. The van der Waals surface area contributed by atoms with Crippen LogP contribution in [0.15, 0.2) is 48.8 Å². The van der Waals surface area contributed by atoms with Crippen molar-refractivity contribution in [1.29, 1.82) is 0 Å². The number of carbonyl (C=O) groups excluding carboxylic acids is 2. The van der Waals surface area contributed by atoms with Gasteiger partial charge >= 0.3 is 0 Å². The van der Waals surface area contributed by atoms with Gasteiger partial charge in [0.15, 0.2) is 0 Å². The van der Waals surface area contributed by atoms with E-state index in [-0.39, 0.29) is 5.91 Å². The van der Waals surface area contributed by atoms with Gasteiger partial charge in [-0.15, -0.1) is 0 Å². The number of pyridine rings is 1. The van der Waals surface area contributed by atoms with Gasteiger partial charge in [0.05, 0.1) is 0 Å². The van der Waals surface area contributed by atoms with Crippen molar-refractivity contribution in [3.63, 3.8) is 0 Å². The van der Waals surface area contributed by atoms with Gasteiger partial charge in [-0.05, 0) is 29.8 Å². The highest BCUT2D eigenvalue weighted by molar-refractivity contribution is 5.94. The number of nitrogens with one attached hydrogen (secondary N) is 1. The molecule has 0 aliphatic carbocycles. The van der Waals surface area contributed by atoms with E-state index >= 15 is 0 Å². The summed E-state index contributed by atoms with van der Waals surface area (Å²) in [6.45, 7) is 0.336. The van der Waals surface area contributed by atoms with Crippen LogP contribution >= 0.6 is 0 Å². The highest BCUT2D eigenvalue weighted by Gasteiger charge is 2.05. The van der Waals surface area contributed by atoms with Crippen molar-refractivity contribution in [2.45, 2.75) is 6.54 Å². The topological polar surface area (TPSA) is 85.1 Å². The summed E-state index contributed by atoms with van der Waals surface area (Å²) in [4.78, 5) is 26.7. The van der Waals surface area contributed by atoms with Crippen molar-refractivity contribution in [2.75, 3.05) is 0 Å². The third-order valence-corrected chi connectivity index (χ3v) is 2.61. The minimum Gasteiger partial charge on any atom is -0.366 e. The fourth-order valence-corrected chi connectivity index (χ4v) is 1.62. The van der Waals surface area contributed by atoms with E-state index in [4.69, 9.17) is 5.73 Å². The smallest absolute Gasteiger partial charge is 0.251 e. The predicted molar refractivity (Wildman–Crippen MR) is 70.4 cm³/mol. The Morgan fingerprint density at radius 3 is 2.53 bits per heavy atom. The van der Waals surface area contributed by atoms with Crippen LogP contribution in [-0.4, -0.2) is 16.8 Å². The molecule has 0 spiro atoms. The number of hydrogen-bond acceptors (Lipinski definition) is 3. The maximum atomic E-state index is 11.8. The molecule has 0 bridgehead atoms. The van der Waals surface area contributed by atoms with Crippen LogP contribution in [0, 0.1) is 0 Å². The summed E-state index contributed by atoms with van der Waals surface area (Å²) >= 11 is 0. The van der Waals surface area contributed by atoms with Crippen LogP contribution in [-0.2, 0) is 6.54 Å². The zero-order valence-electron chi connectivity index (χ0n) is 10.2. The molecule has 2 amide bonds. The van der Waals surface area contributed by atoms with Crippen molar-refractivity contribution < 1.29 is 9.59 Å². The number of carbonyl (C=O) groups is 2. The zero-order chi connectivity index (χ0) is 13.7. The Morgan fingerprint density at radius 2 is 1.84 bits per heavy atom. The first-order chi connectivity index (χ1) is 9.16. The molecule has 0 aliphatic rings. The molecule has 0 radical (unpaired) electrons. The van der Waals surface area contributed by atoms with E-state index < -0.39 is 5.91 Å². The predicted octanol–water partition coefficient (Wildman–Crippen LogP) is 1.11. The number of nitrogens with zero attached hydrogens (tertiary/aromatic N) is 1. The summed E-state index contributed by atoms with van der Waals surface area (Å²) in [7, 11) is 0. The Balaban J connectivity index is 2.01. The van der Waals surface area contributed by atoms with E-state index in [0.29, 0.717) is 17.7 Å². The van der Waals surface area contributed by atoms with Crippen LogP contribution in [0.3, 0.4) is 0 Å². The molecule has 0 atom stereocenters. The van der Waals surface area contributed by atoms with Crippen LogP contribution in [0.25, 0.3) is 0 Å². The van der Waals surface area contributed by atoms with Crippen LogP contribution in [0.5, 0.6) is 0 Å². The Morgan fingerprint density at radius 1 is 1.11 bits per heavy atom. The van der Waals surface area contributed by atoms with E-state index in [2.05, 4.69) is 10.3 Å². The fraction of sp³-hybridized carbons (Fsp3) is 0.0714. The Bertz CT molecular complexity index is 597. The van der Waals surface area contributed by atoms with Crippen molar-refractivity contribution in [1.82, 2.24) is 10.3 Å². The number of benzene rings is 1. The molecule has 2 rings (SSSR count). The minimum absolute atomic E-state index is 0.188. The van der Waals surface area contributed by atoms with E-state index in [1.807, 2.05) is 6.07 Å². The van der Waals surface area contributed by atoms with Gasteiger partial charge in [0.2, 0.25) is 5.91 Å². The van der Waals surface area contributed by atoms with Gasteiger partial charge in [-0.3, -0.25) is 14.6 Å². The van der Waals surface area contributed by atoms with Crippen LogP contribution in [0.2, 0.25) is 0 Å². The number of nitrogens with two attached hydrogens (primary N) is 1. The number of hydrogen-bond donors (Lipinski definition) is 2. The molecular formula is C14H13N3O2. The first-order valence-corrected chi connectivity index (χ1v) is 5.74. The Labute approximate surface area is 110 Å². The maximum absolute atomic E-state index is 11.8. The van der Waals surface area contributed by atoms with Gasteiger partial charge in [0.25, 0.3) is 5.91 Å². The normalized spacial score (nSPS) is 9.89. The summed E-state index contributed by atoms with van der Waals surface area (Å²) in [5.41, 5.74) is 6.98. The van der Waals surface area contributed by atoms with E-state index in [0.717, 1.165) is 5.56 Å². The molecule has 3 N–H and O–H groups in total. The standard InChI is InChI=1S/C14H13N3O2/c15-13(18)12-3-1-2-10(8-12)9-17-14(19)11-4-6-16-7-5-11/h1-8H,9H2,(H2,15,18)(H,17,19). The second-order valence-corrected chi connectivity index (χ2v) is 3.98. The third kappa shape index (κ3) is 3.38. The molecule has 5 nitrogen and oxygen atoms in total. The van der Waals surface area contributed by atoms with Crippen molar-refractivity contribution >= 4 is 11.8 Å². The molecule has 0 saturated carbocycles. The monoisotopic (exact) mass is 255 g/mol. The molecule has 0 saturated heterocycles. The Hall–Kier alpha value is -2.69. The average Bonchev–Trinajstić information content (AvgIpc) is 2.46. The van der Waals surface area contributed by atoms with Gasteiger partial charge in [-0.25, -0.2) is 0 Å². The molecule has 0 aliphatic heterocycles. The SMILES string of the molecule is NC(=O)c1cccc(CNC(=O)c2ccncc2)c1. The molecule has 19 heavy (non-hydrogen) atoms. The lowest BCUT2D eigenvalue weighted by Gasteiger charge is -2.06. The highest BCUT2D eigenvalue weighted by Crippen LogP contribution is 2.05. The summed E-state index contributed by atoms with van der Waals surface area (Å²) < 4.78 is 0. The van der Waals surface area contributed by atoms with Gasteiger partial charge in [0, 0.05) is 30.1 Å². The van der Waals surface area contributed by atoms with Crippen molar-refractivity contribution in [3.05, 3.63) is 65.5 Å². The first kappa shape index (κ1) is 12.8. The molecule has 2 aromatic rings. The molecule has 1 aromatic carbocycles. The molecule has 1 aromatic heterocycles. The quantitative estimate of drug-likeness (QED) is 0.858. The van der Waals surface area contributed by atoms with Gasteiger partial charge in [-0.1, -0.05) is 12.1 Å². The lowest BCUT2D eigenvalue weighted by Crippen LogP contribution is -2.23. The van der Waals surface area contributed by atoms with Crippen LogP contribution in [0.1, 0.15) is 26.3 Å². The van der Waals surface area contributed by atoms with Crippen molar-refractivity contribution in [3.8, 4) is 0 Å².